The largest absolute Gasteiger partial charge is 0.389 e. The summed E-state index contributed by atoms with van der Waals surface area (Å²) < 4.78 is 0. The van der Waals surface area contributed by atoms with Gasteiger partial charge >= 0.3 is 0 Å². The predicted octanol–water partition coefficient (Wildman–Crippen LogP) is 2.25. The maximum Gasteiger partial charge on any atom is 0.106 e. The second kappa shape index (κ2) is 6.10. The molecular formula is C12H12ClN3O. The second-order valence-electron chi connectivity index (χ2n) is 3.55. The summed E-state index contributed by atoms with van der Waals surface area (Å²) in [5.74, 6) is 0. The average molecular weight is 250 g/mol. The van der Waals surface area contributed by atoms with Crippen molar-refractivity contribution in [3.8, 4) is 12.1 Å². The van der Waals surface area contributed by atoms with Crippen molar-refractivity contribution >= 4 is 17.3 Å². The molecule has 1 N–H and O–H groups in total. The topological polar surface area (TPSA) is 71.0 Å². The smallest absolute Gasteiger partial charge is 0.106 e. The molecule has 88 valence electrons. The van der Waals surface area contributed by atoms with E-state index in [1.54, 1.807) is 30.0 Å². The lowest BCUT2D eigenvalue weighted by molar-refractivity contribution is 0.199. The minimum absolute atomic E-state index is 0.123. The molecule has 0 aliphatic carbocycles. The number of hydrogen-bond donors (Lipinski definition) is 1. The number of anilines is 1. The van der Waals surface area contributed by atoms with Crippen LogP contribution in [-0.2, 0) is 0 Å². The van der Waals surface area contributed by atoms with Gasteiger partial charge in [0.2, 0.25) is 0 Å². The van der Waals surface area contributed by atoms with Crippen LogP contribution in [0.15, 0.2) is 18.2 Å². The molecule has 0 saturated heterocycles. The summed E-state index contributed by atoms with van der Waals surface area (Å²) in [7, 11) is 0. The van der Waals surface area contributed by atoms with Crippen LogP contribution < -0.4 is 4.90 Å². The number of aliphatic hydroxyl groups is 1. The molecule has 1 unspecified atom stereocenters. The first-order valence-electron chi connectivity index (χ1n) is 5.06. The van der Waals surface area contributed by atoms with Crippen LogP contribution in [0.1, 0.15) is 18.6 Å². The molecule has 1 aromatic carbocycles. The number of aliphatic hydroxyl groups excluding tert-OH is 1. The van der Waals surface area contributed by atoms with Gasteiger partial charge in [-0.15, -0.1) is 0 Å². The molecule has 0 aliphatic heterocycles. The number of hydrogen-bond acceptors (Lipinski definition) is 4. The lowest BCUT2D eigenvalue weighted by Gasteiger charge is -2.19. The lowest BCUT2D eigenvalue weighted by atomic mass is 10.1. The predicted molar refractivity (Wildman–Crippen MR) is 65.5 cm³/mol. The van der Waals surface area contributed by atoms with Crippen molar-refractivity contribution in [1.82, 2.24) is 0 Å². The van der Waals surface area contributed by atoms with E-state index in [0.717, 1.165) is 0 Å². The zero-order valence-corrected chi connectivity index (χ0v) is 10.1. The Labute approximate surface area is 105 Å². The standard InChI is InChI=1S/C12H12ClN3O/c1-9(17)11-3-2-10(8-12(11)13)16(6-4-14)7-5-15/h2-3,8-9,17H,6-7H2,1H3. The molecule has 0 fully saturated rings. The summed E-state index contributed by atoms with van der Waals surface area (Å²) >= 11 is 6.02. The van der Waals surface area contributed by atoms with Gasteiger partial charge in [-0.3, -0.25) is 0 Å². The van der Waals surface area contributed by atoms with Gasteiger partial charge in [-0.05, 0) is 24.6 Å². The number of nitriles is 2. The fraction of sp³-hybridized carbons (Fsp3) is 0.333. The van der Waals surface area contributed by atoms with E-state index in [0.29, 0.717) is 16.3 Å². The molecule has 1 atom stereocenters. The molecule has 0 amide bonds. The Balaban J connectivity index is 3.03. The number of nitrogens with zero attached hydrogens (tertiary/aromatic N) is 3. The van der Waals surface area contributed by atoms with E-state index in [1.807, 2.05) is 12.1 Å². The Morgan fingerprint density at radius 2 is 1.94 bits per heavy atom. The molecule has 0 aliphatic rings. The lowest BCUT2D eigenvalue weighted by Crippen LogP contribution is -2.23. The summed E-state index contributed by atoms with van der Waals surface area (Å²) in [6.45, 7) is 1.87. The van der Waals surface area contributed by atoms with Crippen LogP contribution in [0.4, 0.5) is 5.69 Å². The van der Waals surface area contributed by atoms with Crippen molar-refractivity contribution in [3.63, 3.8) is 0 Å². The van der Waals surface area contributed by atoms with Gasteiger partial charge in [-0.25, -0.2) is 0 Å². The van der Waals surface area contributed by atoms with Gasteiger partial charge in [0, 0.05) is 10.7 Å². The van der Waals surface area contributed by atoms with Crippen molar-refractivity contribution in [2.24, 2.45) is 0 Å². The van der Waals surface area contributed by atoms with E-state index in [4.69, 9.17) is 22.1 Å². The molecular weight excluding hydrogens is 238 g/mol. The fourth-order valence-corrected chi connectivity index (χ4v) is 1.79. The zero-order valence-electron chi connectivity index (χ0n) is 9.39. The summed E-state index contributed by atoms with van der Waals surface area (Å²) in [5, 5.41) is 27.2. The summed E-state index contributed by atoms with van der Waals surface area (Å²) in [4.78, 5) is 1.61. The van der Waals surface area contributed by atoms with E-state index in [9.17, 15) is 5.11 Å². The maximum absolute atomic E-state index is 9.44. The van der Waals surface area contributed by atoms with Crippen LogP contribution in [0, 0.1) is 22.7 Å². The number of halogens is 1. The first-order valence-corrected chi connectivity index (χ1v) is 5.44. The van der Waals surface area contributed by atoms with Crippen molar-refractivity contribution in [3.05, 3.63) is 28.8 Å². The van der Waals surface area contributed by atoms with Crippen LogP contribution in [0.5, 0.6) is 0 Å². The van der Waals surface area contributed by atoms with Gasteiger partial charge in [-0.2, -0.15) is 10.5 Å². The Morgan fingerprint density at radius 1 is 1.35 bits per heavy atom. The van der Waals surface area contributed by atoms with Crippen molar-refractivity contribution in [1.29, 1.82) is 10.5 Å². The highest BCUT2D eigenvalue weighted by molar-refractivity contribution is 6.31. The number of benzene rings is 1. The summed E-state index contributed by atoms with van der Waals surface area (Å²) in [6.07, 6.45) is -0.642. The molecule has 0 saturated carbocycles. The van der Waals surface area contributed by atoms with E-state index >= 15 is 0 Å². The highest BCUT2D eigenvalue weighted by Gasteiger charge is 2.10. The van der Waals surface area contributed by atoms with Crippen LogP contribution in [0.25, 0.3) is 0 Å². The van der Waals surface area contributed by atoms with E-state index < -0.39 is 6.10 Å². The summed E-state index contributed by atoms with van der Waals surface area (Å²) in [5.41, 5.74) is 1.33. The van der Waals surface area contributed by atoms with Crippen molar-refractivity contribution < 1.29 is 5.11 Å². The molecule has 0 spiro atoms. The zero-order chi connectivity index (χ0) is 12.8. The third kappa shape index (κ3) is 3.35. The van der Waals surface area contributed by atoms with Crippen LogP contribution in [0.3, 0.4) is 0 Å². The number of rotatable bonds is 4. The molecule has 0 heterocycles. The highest BCUT2D eigenvalue weighted by Crippen LogP contribution is 2.27. The molecule has 1 aromatic rings. The first kappa shape index (κ1) is 13.3. The Bertz CT molecular complexity index is 458. The maximum atomic E-state index is 9.44. The minimum Gasteiger partial charge on any atom is -0.389 e. The third-order valence-electron chi connectivity index (χ3n) is 2.32. The third-order valence-corrected chi connectivity index (χ3v) is 2.65. The average Bonchev–Trinajstić information content (AvgIpc) is 2.28. The fourth-order valence-electron chi connectivity index (χ4n) is 1.46. The quantitative estimate of drug-likeness (QED) is 0.831. The van der Waals surface area contributed by atoms with Crippen molar-refractivity contribution in [2.45, 2.75) is 13.0 Å². The second-order valence-corrected chi connectivity index (χ2v) is 3.96. The molecule has 0 radical (unpaired) electrons. The molecule has 0 bridgehead atoms. The van der Waals surface area contributed by atoms with Gasteiger partial charge < -0.3 is 10.0 Å². The highest BCUT2D eigenvalue weighted by atomic mass is 35.5. The van der Waals surface area contributed by atoms with E-state index in [-0.39, 0.29) is 13.1 Å². The van der Waals surface area contributed by atoms with Gasteiger partial charge in [-0.1, -0.05) is 17.7 Å². The van der Waals surface area contributed by atoms with Gasteiger partial charge in [0.15, 0.2) is 0 Å². The van der Waals surface area contributed by atoms with E-state index in [1.165, 1.54) is 0 Å². The molecule has 4 nitrogen and oxygen atoms in total. The van der Waals surface area contributed by atoms with Gasteiger partial charge in [0.1, 0.15) is 13.1 Å². The van der Waals surface area contributed by atoms with Gasteiger partial charge in [0.25, 0.3) is 0 Å². The van der Waals surface area contributed by atoms with Crippen LogP contribution in [-0.4, -0.2) is 18.2 Å². The van der Waals surface area contributed by atoms with E-state index in [2.05, 4.69) is 0 Å². The Morgan fingerprint density at radius 3 is 2.35 bits per heavy atom. The van der Waals surface area contributed by atoms with Crippen LogP contribution in [0.2, 0.25) is 5.02 Å². The van der Waals surface area contributed by atoms with Gasteiger partial charge in [0.05, 0.1) is 18.2 Å². The van der Waals surface area contributed by atoms with Crippen LogP contribution >= 0.6 is 11.6 Å². The summed E-state index contributed by atoms with van der Waals surface area (Å²) in [6, 6.07) is 9.07. The first-order chi connectivity index (χ1) is 8.10. The molecule has 17 heavy (non-hydrogen) atoms. The SMILES string of the molecule is CC(O)c1ccc(N(CC#N)CC#N)cc1Cl. The normalized spacial score (nSPS) is 11.4. The monoisotopic (exact) mass is 249 g/mol. The van der Waals surface area contributed by atoms with Crippen molar-refractivity contribution in [2.75, 3.05) is 18.0 Å². The molecule has 1 rings (SSSR count). The Hall–Kier alpha value is -1.75. The molecule has 0 aromatic heterocycles. The molecule has 5 heteroatoms. The Kier molecular flexibility index (Phi) is 4.78. The minimum atomic E-state index is -0.642.